The summed E-state index contributed by atoms with van der Waals surface area (Å²) in [6.45, 7) is 0. The van der Waals surface area contributed by atoms with Gasteiger partial charge in [-0.25, -0.2) is 9.18 Å². The Morgan fingerprint density at radius 1 is 1.06 bits per heavy atom. The number of carbonyl (C=O) groups is 2. The van der Waals surface area contributed by atoms with Crippen molar-refractivity contribution < 1.29 is 49.7 Å². The van der Waals surface area contributed by atoms with Gasteiger partial charge < -0.3 is 10.1 Å². The van der Waals surface area contributed by atoms with Crippen molar-refractivity contribution in [2.75, 3.05) is 19.0 Å². The molecule has 36 heavy (non-hydrogen) atoms. The van der Waals surface area contributed by atoms with Crippen LogP contribution >= 0.6 is 0 Å². The largest absolute Gasteiger partial charge is 0.420 e. The third-order valence-electron chi connectivity index (χ3n) is 4.81. The lowest BCUT2D eigenvalue weighted by molar-refractivity contribution is -0.451. The molecule has 0 saturated carbocycles. The van der Waals surface area contributed by atoms with E-state index in [2.05, 4.69) is 10.4 Å². The molecule has 1 heterocycles. The number of benzene rings is 2. The van der Waals surface area contributed by atoms with E-state index >= 15 is 0 Å². The van der Waals surface area contributed by atoms with E-state index in [1.54, 1.807) is 0 Å². The van der Waals surface area contributed by atoms with Crippen molar-refractivity contribution in [3.05, 3.63) is 65.1 Å². The predicted octanol–water partition coefficient (Wildman–Crippen LogP) is 4.67. The summed E-state index contributed by atoms with van der Waals surface area (Å²) in [5, 5.41) is 5.97. The SMILES string of the molecule is CNC(=O)/C=[N+]1/C=C(c2cc(C(F)(F)F)cc(C(F)(F)F)c2OC(=O)N(C)c2ccc(F)cc2)C=N1. The monoisotopic (exact) mass is 517 g/mol. The molecule has 0 unspecified atom stereocenters. The number of ether oxygens (including phenoxy) is 1. The van der Waals surface area contributed by atoms with Crippen molar-refractivity contribution in [2.24, 2.45) is 5.10 Å². The Kier molecular flexibility index (Phi) is 7.17. The molecule has 0 fully saturated rings. The van der Waals surface area contributed by atoms with Crippen LogP contribution in [-0.4, -0.2) is 43.2 Å². The van der Waals surface area contributed by atoms with Crippen LogP contribution in [0, 0.1) is 5.82 Å². The number of alkyl halides is 6. The first kappa shape index (κ1) is 26.4. The number of nitrogens with zero attached hydrogens (tertiary/aromatic N) is 3. The molecule has 0 radical (unpaired) electrons. The third kappa shape index (κ3) is 5.87. The Bertz CT molecular complexity index is 1280. The number of rotatable bonds is 4. The summed E-state index contributed by atoms with van der Waals surface area (Å²) in [6, 6.07) is 4.46. The zero-order chi connectivity index (χ0) is 26.8. The fraction of sp³-hybridized carbons (Fsp3) is 0.182. The van der Waals surface area contributed by atoms with Crippen molar-refractivity contribution in [3.63, 3.8) is 0 Å². The first-order chi connectivity index (χ1) is 16.7. The minimum absolute atomic E-state index is 0.0383. The normalized spacial score (nSPS) is 14.6. The lowest BCUT2D eigenvalue weighted by atomic mass is 9.98. The Hall–Kier alpha value is -4.23. The standard InChI is InChI=1S/C22H15F7N4O3/c1-30-18(34)11-33-10-12(9-31-33)16-7-13(21(24,25)26)8-17(22(27,28)29)19(16)36-20(35)32(2)15-5-3-14(23)4-6-15/h3-11H,1-2H3/p+1/b33-11-. The molecular formula is C22H16F7N4O3+. The second kappa shape index (κ2) is 9.79. The maximum absolute atomic E-state index is 13.9. The summed E-state index contributed by atoms with van der Waals surface area (Å²) in [6.07, 6.45) is -9.16. The number of amides is 2. The van der Waals surface area contributed by atoms with Crippen LogP contribution < -0.4 is 15.0 Å². The highest BCUT2D eigenvalue weighted by molar-refractivity contribution is 6.24. The molecule has 1 aliphatic heterocycles. The number of carbonyl (C=O) groups excluding carboxylic acids is 2. The van der Waals surface area contributed by atoms with Gasteiger partial charge in [-0.15, -0.1) is 0 Å². The summed E-state index contributed by atoms with van der Waals surface area (Å²) < 4.78 is 101. The highest BCUT2D eigenvalue weighted by Gasteiger charge is 2.42. The van der Waals surface area contributed by atoms with Gasteiger partial charge in [0.15, 0.2) is 5.75 Å². The van der Waals surface area contributed by atoms with Gasteiger partial charge in [0.05, 0.1) is 16.7 Å². The minimum atomic E-state index is -5.36. The molecule has 0 atom stereocenters. The number of halogens is 7. The summed E-state index contributed by atoms with van der Waals surface area (Å²) in [5.41, 5.74) is -4.54. The molecule has 14 heteroatoms. The van der Waals surface area contributed by atoms with Crippen LogP contribution in [0.25, 0.3) is 5.57 Å². The summed E-state index contributed by atoms with van der Waals surface area (Å²) in [5.74, 6) is -2.51. The smallest absolute Gasteiger partial charge is 0.409 e. The Morgan fingerprint density at radius 3 is 2.25 bits per heavy atom. The van der Waals surface area contributed by atoms with E-state index in [4.69, 9.17) is 4.74 Å². The zero-order valence-electron chi connectivity index (χ0n) is 18.4. The molecule has 0 aromatic heterocycles. The Labute approximate surface area is 198 Å². The van der Waals surface area contributed by atoms with Crippen LogP contribution in [0.3, 0.4) is 0 Å². The van der Waals surface area contributed by atoms with E-state index in [1.165, 1.54) is 7.05 Å². The number of nitrogens with one attached hydrogen (secondary N) is 1. The molecule has 0 bridgehead atoms. The lowest BCUT2D eigenvalue weighted by Crippen LogP contribution is -2.30. The highest BCUT2D eigenvalue weighted by Crippen LogP contribution is 2.45. The minimum Gasteiger partial charge on any atom is -0.409 e. The molecule has 0 aliphatic carbocycles. The first-order valence-corrected chi connectivity index (χ1v) is 9.85. The molecule has 2 amide bonds. The molecule has 2 aromatic carbocycles. The fourth-order valence-corrected chi connectivity index (χ4v) is 2.99. The van der Waals surface area contributed by atoms with E-state index in [9.17, 15) is 40.3 Å². The van der Waals surface area contributed by atoms with Gasteiger partial charge in [0.25, 0.3) is 6.21 Å². The van der Waals surface area contributed by atoms with Gasteiger partial charge in [-0.3, -0.25) is 9.69 Å². The molecule has 2 aromatic rings. The van der Waals surface area contributed by atoms with Crippen LogP contribution in [0.4, 0.5) is 41.2 Å². The second-order valence-electron chi connectivity index (χ2n) is 7.25. The van der Waals surface area contributed by atoms with E-state index in [-0.39, 0.29) is 17.3 Å². The molecule has 3 rings (SSSR count). The molecule has 0 saturated heterocycles. The van der Waals surface area contributed by atoms with E-state index in [0.717, 1.165) is 59.5 Å². The van der Waals surface area contributed by atoms with E-state index in [1.807, 2.05) is 0 Å². The molecular weight excluding hydrogens is 501 g/mol. The topological polar surface area (TPSA) is 74.0 Å². The van der Waals surface area contributed by atoms with Crippen molar-refractivity contribution in [1.82, 2.24) is 5.32 Å². The van der Waals surface area contributed by atoms with E-state index < -0.39 is 52.6 Å². The maximum atomic E-state index is 13.9. The molecule has 0 spiro atoms. The van der Waals surface area contributed by atoms with Gasteiger partial charge in [-0.05, 0) is 41.5 Å². The average molecular weight is 517 g/mol. The van der Waals surface area contributed by atoms with Gasteiger partial charge in [0, 0.05) is 25.3 Å². The first-order valence-electron chi connectivity index (χ1n) is 9.85. The van der Waals surface area contributed by atoms with Crippen molar-refractivity contribution >= 4 is 35.7 Å². The predicted molar refractivity (Wildman–Crippen MR) is 114 cm³/mol. The molecule has 1 aliphatic rings. The van der Waals surface area contributed by atoms with Gasteiger partial charge in [-0.2, -0.15) is 26.3 Å². The number of hydrogen-bond acceptors (Lipinski definition) is 4. The van der Waals surface area contributed by atoms with Gasteiger partial charge in [0.1, 0.15) is 12.0 Å². The summed E-state index contributed by atoms with van der Waals surface area (Å²) in [4.78, 5) is 24.9. The summed E-state index contributed by atoms with van der Waals surface area (Å²) >= 11 is 0. The highest BCUT2D eigenvalue weighted by atomic mass is 19.4. The number of hydrazone groups is 1. The Balaban J connectivity index is 2.17. The van der Waals surface area contributed by atoms with Crippen LogP contribution in [0.2, 0.25) is 0 Å². The Morgan fingerprint density at radius 2 is 1.69 bits per heavy atom. The van der Waals surface area contributed by atoms with Crippen LogP contribution in [0.15, 0.2) is 47.7 Å². The van der Waals surface area contributed by atoms with Gasteiger partial charge >= 0.3 is 24.4 Å². The number of anilines is 1. The lowest BCUT2D eigenvalue weighted by Gasteiger charge is -2.22. The van der Waals surface area contributed by atoms with Crippen molar-refractivity contribution in [3.8, 4) is 5.75 Å². The maximum Gasteiger partial charge on any atom is 0.420 e. The molecule has 7 nitrogen and oxygen atoms in total. The fourth-order valence-electron chi connectivity index (χ4n) is 2.99. The van der Waals surface area contributed by atoms with Crippen LogP contribution in [0.5, 0.6) is 5.75 Å². The summed E-state index contributed by atoms with van der Waals surface area (Å²) in [7, 11) is 2.41. The number of hydrogen-bond donors (Lipinski definition) is 1. The number of allylic oxidation sites excluding steroid dienone is 1. The average Bonchev–Trinajstić information content (AvgIpc) is 3.25. The zero-order valence-corrected chi connectivity index (χ0v) is 18.4. The molecule has 1 N–H and O–H groups in total. The molecule has 190 valence electrons. The van der Waals surface area contributed by atoms with Gasteiger partial charge in [-0.1, -0.05) is 4.68 Å². The van der Waals surface area contributed by atoms with Crippen molar-refractivity contribution in [2.45, 2.75) is 12.4 Å². The van der Waals surface area contributed by atoms with Gasteiger partial charge in [0.2, 0.25) is 6.20 Å². The second-order valence-corrected chi connectivity index (χ2v) is 7.25. The quantitative estimate of drug-likeness (QED) is 0.474. The van der Waals surface area contributed by atoms with Crippen molar-refractivity contribution in [1.29, 1.82) is 0 Å². The van der Waals surface area contributed by atoms with E-state index in [0.29, 0.717) is 6.07 Å². The van der Waals surface area contributed by atoms with Crippen LogP contribution in [0.1, 0.15) is 16.7 Å². The van der Waals surface area contributed by atoms with Crippen LogP contribution in [-0.2, 0) is 17.1 Å². The third-order valence-corrected chi connectivity index (χ3v) is 4.81.